The normalized spacial score (nSPS) is 40.6. The summed E-state index contributed by atoms with van der Waals surface area (Å²) < 4.78 is 0. The largest absolute Gasteiger partial charge is 0.481 e. The molecule has 0 saturated heterocycles. The summed E-state index contributed by atoms with van der Waals surface area (Å²) in [6, 6.07) is 0. The van der Waals surface area contributed by atoms with Gasteiger partial charge in [-0.1, -0.05) is 66.0 Å². The molecule has 0 bridgehead atoms. The highest BCUT2D eigenvalue weighted by atomic mass is 16.4. The number of carbonyl (C=O) groups is 3. The number of unbranched alkanes of at least 4 members (excludes halogenated alkanes) is 4. The maximum absolute atomic E-state index is 14.4. The molecule has 0 aromatic carbocycles. The number of allylic oxidation sites excluding steroid dienone is 1. The number of aliphatic carboxylic acids is 1. The van der Waals surface area contributed by atoms with Gasteiger partial charge in [0.25, 0.3) is 0 Å². The summed E-state index contributed by atoms with van der Waals surface area (Å²) in [5.41, 5.74) is 1.65. The van der Waals surface area contributed by atoms with E-state index in [9.17, 15) is 19.5 Å². The Morgan fingerprint density at radius 1 is 0.714 bits per heavy atom. The second-order valence-corrected chi connectivity index (χ2v) is 18.8. The molecule has 7 nitrogen and oxygen atoms in total. The quantitative estimate of drug-likeness (QED) is 0.108. The van der Waals surface area contributed by atoms with E-state index in [0.717, 1.165) is 77.2 Å². The van der Waals surface area contributed by atoms with Gasteiger partial charge in [0.15, 0.2) is 0 Å². The highest BCUT2D eigenvalue weighted by Gasteiger charge is 2.71. The molecule has 5 saturated carbocycles. The van der Waals surface area contributed by atoms with Crippen LogP contribution in [0.15, 0.2) is 12.2 Å². The molecule has 49 heavy (non-hydrogen) atoms. The monoisotopic (exact) mass is 683 g/mol. The van der Waals surface area contributed by atoms with Crippen LogP contribution >= 0.6 is 0 Å². The van der Waals surface area contributed by atoms with E-state index in [4.69, 9.17) is 5.11 Å². The Morgan fingerprint density at radius 3 is 2.12 bits per heavy atom. The van der Waals surface area contributed by atoms with E-state index < -0.39 is 5.97 Å². The van der Waals surface area contributed by atoms with E-state index in [2.05, 4.69) is 58.8 Å². The number of carboxylic acid groups (broad SMARTS) is 1. The molecule has 5 rings (SSSR count). The van der Waals surface area contributed by atoms with Crippen LogP contribution in [0.2, 0.25) is 0 Å². The van der Waals surface area contributed by atoms with Gasteiger partial charge in [-0.3, -0.25) is 14.4 Å². The zero-order valence-electron chi connectivity index (χ0n) is 31.9. The van der Waals surface area contributed by atoms with E-state index in [1.54, 1.807) is 0 Å². The molecule has 0 heterocycles. The van der Waals surface area contributed by atoms with Gasteiger partial charge >= 0.3 is 5.97 Å². The van der Waals surface area contributed by atoms with Crippen LogP contribution in [0.4, 0.5) is 0 Å². The van der Waals surface area contributed by atoms with Gasteiger partial charge in [-0.05, 0) is 142 Å². The highest BCUT2D eigenvalue weighted by molar-refractivity contribution is 5.84. The first-order valence-electron chi connectivity index (χ1n) is 20.1. The number of amides is 2. The Kier molecular flexibility index (Phi) is 11.4. The summed E-state index contributed by atoms with van der Waals surface area (Å²) in [4.78, 5) is 37.0. The number of rotatable bonds is 14. The van der Waals surface area contributed by atoms with Crippen LogP contribution in [0.1, 0.15) is 157 Å². The standard InChI is InChI=1S/C42H70N2O5/c1-28(2)29-18-23-42(37(49)44-26-12-10-8-9-11-14-34(46)43-27-13-15-35(47)48)25-24-40(6)30(36(29)42)16-17-32-39(5)21-20-33(45)38(3,4)31(39)19-22-41(32,40)7/h29-33,36,45H,1,8-27H2,2-7H3,(H,43,46)(H,44,49)(H,47,48)/t29-,30+,31-,32+,33-,36+,39-,40+,41+,42-/m0/s1. The molecule has 5 aliphatic rings. The Morgan fingerprint density at radius 2 is 1.41 bits per heavy atom. The van der Waals surface area contributed by atoms with E-state index in [0.29, 0.717) is 54.9 Å². The summed E-state index contributed by atoms with van der Waals surface area (Å²) in [7, 11) is 0. The molecule has 0 unspecified atom stereocenters. The molecule has 4 N–H and O–H groups in total. The van der Waals surface area contributed by atoms with E-state index >= 15 is 0 Å². The molecule has 10 atom stereocenters. The Hall–Kier alpha value is -1.89. The van der Waals surface area contributed by atoms with Crippen LogP contribution in [-0.2, 0) is 14.4 Å². The highest BCUT2D eigenvalue weighted by Crippen LogP contribution is 2.77. The van der Waals surface area contributed by atoms with Crippen molar-refractivity contribution in [3.63, 3.8) is 0 Å². The Labute approximate surface area is 297 Å². The molecule has 0 aromatic rings. The molecular weight excluding hydrogens is 612 g/mol. The first kappa shape index (κ1) is 38.3. The van der Waals surface area contributed by atoms with Crippen LogP contribution in [0.5, 0.6) is 0 Å². The summed E-state index contributed by atoms with van der Waals surface area (Å²) in [5.74, 6) is 2.01. The number of carboxylic acids is 1. The lowest BCUT2D eigenvalue weighted by atomic mass is 9.32. The van der Waals surface area contributed by atoms with Crippen molar-refractivity contribution in [1.29, 1.82) is 0 Å². The predicted octanol–water partition coefficient (Wildman–Crippen LogP) is 8.44. The lowest BCUT2D eigenvalue weighted by Gasteiger charge is -2.72. The molecule has 2 amide bonds. The maximum atomic E-state index is 14.4. The predicted molar refractivity (Wildman–Crippen MR) is 196 cm³/mol. The third-order valence-electron chi connectivity index (χ3n) is 16.3. The number of nitrogens with one attached hydrogen (secondary N) is 2. The molecule has 0 aliphatic heterocycles. The summed E-state index contributed by atoms with van der Waals surface area (Å²) in [6.07, 6.45) is 16.9. The van der Waals surface area contributed by atoms with Crippen LogP contribution in [0.25, 0.3) is 0 Å². The van der Waals surface area contributed by atoms with Crippen molar-refractivity contribution in [3.05, 3.63) is 12.2 Å². The maximum Gasteiger partial charge on any atom is 0.303 e. The first-order valence-corrected chi connectivity index (χ1v) is 20.1. The van der Waals surface area contributed by atoms with Gasteiger partial charge in [-0.25, -0.2) is 0 Å². The average molecular weight is 683 g/mol. The van der Waals surface area contributed by atoms with Crippen molar-refractivity contribution < 1.29 is 24.6 Å². The fourth-order valence-corrected chi connectivity index (χ4v) is 13.4. The number of fused-ring (bicyclic) bond motifs is 7. The van der Waals surface area contributed by atoms with Crippen LogP contribution in [0.3, 0.4) is 0 Å². The number of aliphatic hydroxyl groups excluding tert-OH is 1. The van der Waals surface area contributed by atoms with Gasteiger partial charge < -0.3 is 20.8 Å². The molecule has 5 aliphatic carbocycles. The number of hydrogen-bond acceptors (Lipinski definition) is 4. The minimum Gasteiger partial charge on any atom is -0.481 e. The van der Waals surface area contributed by atoms with Crippen LogP contribution < -0.4 is 10.6 Å². The molecule has 7 heteroatoms. The summed E-state index contributed by atoms with van der Waals surface area (Å²) >= 11 is 0. The second-order valence-electron chi connectivity index (χ2n) is 18.8. The lowest BCUT2D eigenvalue weighted by molar-refractivity contribution is -0.246. The summed E-state index contributed by atoms with van der Waals surface area (Å²) in [6.45, 7) is 20.4. The average Bonchev–Trinajstić information content (AvgIpc) is 3.44. The zero-order chi connectivity index (χ0) is 35.8. The van der Waals surface area contributed by atoms with Gasteiger partial charge in [0, 0.05) is 25.9 Å². The molecule has 0 aromatic heterocycles. The smallest absolute Gasteiger partial charge is 0.303 e. The van der Waals surface area contributed by atoms with Gasteiger partial charge in [-0.2, -0.15) is 0 Å². The first-order chi connectivity index (χ1) is 23.0. The van der Waals surface area contributed by atoms with Crippen molar-refractivity contribution in [2.24, 2.45) is 56.7 Å². The fourth-order valence-electron chi connectivity index (χ4n) is 13.4. The van der Waals surface area contributed by atoms with Gasteiger partial charge in [0.2, 0.25) is 11.8 Å². The lowest BCUT2D eigenvalue weighted by Crippen LogP contribution is -2.67. The number of hydrogen-bond donors (Lipinski definition) is 4. The molecule has 0 radical (unpaired) electrons. The van der Waals surface area contributed by atoms with Crippen molar-refractivity contribution in [2.75, 3.05) is 13.1 Å². The van der Waals surface area contributed by atoms with Gasteiger partial charge in [0.05, 0.1) is 11.5 Å². The second kappa shape index (κ2) is 14.6. The van der Waals surface area contributed by atoms with Crippen molar-refractivity contribution in [3.8, 4) is 0 Å². The third-order valence-corrected chi connectivity index (χ3v) is 16.3. The third kappa shape index (κ3) is 6.77. The van der Waals surface area contributed by atoms with Gasteiger partial charge in [0.1, 0.15) is 0 Å². The number of aliphatic hydroxyl groups is 1. The topological polar surface area (TPSA) is 116 Å². The SMILES string of the molecule is C=C(C)[C@@H]1CC[C@]2(C(=O)NCCCCCCCC(=O)NCCCC(=O)O)CC[C@]3(C)[C@H](CC[C@@H]4[C@@]5(C)CC[C@H](O)C(C)(C)[C@@H]5CC[C@]43C)[C@@H]12. The van der Waals surface area contributed by atoms with Crippen molar-refractivity contribution in [1.82, 2.24) is 10.6 Å². The molecule has 5 fully saturated rings. The van der Waals surface area contributed by atoms with Crippen LogP contribution in [-0.4, -0.2) is 47.2 Å². The van der Waals surface area contributed by atoms with E-state index in [1.165, 1.54) is 31.3 Å². The number of carbonyl (C=O) groups excluding carboxylic acids is 2. The Bertz CT molecular complexity index is 1250. The van der Waals surface area contributed by atoms with E-state index in [-0.39, 0.29) is 45.5 Å². The fraction of sp³-hybridized carbons (Fsp3) is 0.881. The Balaban J connectivity index is 1.18. The molecular formula is C42H70N2O5. The zero-order valence-corrected chi connectivity index (χ0v) is 31.9. The van der Waals surface area contributed by atoms with Gasteiger partial charge in [-0.15, -0.1) is 0 Å². The van der Waals surface area contributed by atoms with Crippen molar-refractivity contribution >= 4 is 17.8 Å². The van der Waals surface area contributed by atoms with Crippen LogP contribution in [0, 0.1) is 56.7 Å². The minimum absolute atomic E-state index is 0.00167. The molecule has 278 valence electrons. The van der Waals surface area contributed by atoms with E-state index in [1.807, 2.05) is 0 Å². The molecule has 0 spiro atoms. The van der Waals surface area contributed by atoms with Crippen molar-refractivity contribution in [2.45, 2.75) is 163 Å². The minimum atomic E-state index is -0.832. The summed E-state index contributed by atoms with van der Waals surface area (Å²) in [5, 5.41) is 26.0.